The lowest BCUT2D eigenvalue weighted by molar-refractivity contribution is 0.174. The van der Waals surface area contributed by atoms with E-state index in [1.807, 2.05) is 30.8 Å². The highest BCUT2D eigenvalue weighted by molar-refractivity contribution is 7.21. The molecular weight excluding hydrogens is 351 g/mol. The maximum atomic E-state index is 14.2. The van der Waals surface area contributed by atoms with Crippen molar-refractivity contribution in [3.63, 3.8) is 0 Å². The Morgan fingerprint density at radius 1 is 1.23 bits per heavy atom. The van der Waals surface area contributed by atoms with E-state index in [4.69, 9.17) is 0 Å². The highest BCUT2D eigenvalue weighted by atomic mass is 32.1. The number of alkyl halides is 1. The molecule has 1 fully saturated rings. The van der Waals surface area contributed by atoms with Crippen molar-refractivity contribution < 1.29 is 4.39 Å². The Balaban J connectivity index is 1.53. The fourth-order valence-electron chi connectivity index (χ4n) is 3.61. The number of aromatic nitrogens is 5. The van der Waals surface area contributed by atoms with E-state index >= 15 is 0 Å². The van der Waals surface area contributed by atoms with E-state index in [1.54, 1.807) is 16.0 Å². The molecule has 0 saturated carbocycles. The first-order chi connectivity index (χ1) is 12.6. The maximum absolute atomic E-state index is 14.2. The number of fused-ring (bicyclic) bond motifs is 2. The zero-order chi connectivity index (χ0) is 17.8. The zero-order valence-corrected chi connectivity index (χ0v) is 15.4. The van der Waals surface area contributed by atoms with Crippen LogP contribution in [0, 0.1) is 13.8 Å². The van der Waals surface area contributed by atoms with Crippen LogP contribution in [0.2, 0.25) is 0 Å². The molecule has 1 aliphatic rings. The summed E-state index contributed by atoms with van der Waals surface area (Å²) in [5, 5.41) is 13.5. The molecule has 2 atom stereocenters. The predicted octanol–water partition coefficient (Wildman–Crippen LogP) is 3.30. The van der Waals surface area contributed by atoms with Gasteiger partial charge in [-0.05, 0) is 44.5 Å². The summed E-state index contributed by atoms with van der Waals surface area (Å²) in [5.74, 6) is 0. The van der Waals surface area contributed by atoms with Gasteiger partial charge in [0.25, 0.3) is 0 Å². The van der Waals surface area contributed by atoms with Gasteiger partial charge in [-0.2, -0.15) is 10.2 Å². The van der Waals surface area contributed by atoms with Crippen LogP contribution in [0.5, 0.6) is 0 Å². The molecule has 0 radical (unpaired) electrons. The summed E-state index contributed by atoms with van der Waals surface area (Å²) in [6.45, 7) is 5.24. The second-order valence-corrected chi connectivity index (χ2v) is 7.95. The molecule has 2 unspecified atom stereocenters. The minimum absolute atomic E-state index is 0.176. The van der Waals surface area contributed by atoms with Gasteiger partial charge < -0.3 is 5.32 Å². The van der Waals surface area contributed by atoms with E-state index in [9.17, 15) is 4.39 Å². The van der Waals surface area contributed by atoms with Crippen molar-refractivity contribution in [1.82, 2.24) is 29.7 Å². The normalized spacial score (nSPS) is 21.0. The van der Waals surface area contributed by atoms with Crippen LogP contribution in [0.25, 0.3) is 26.4 Å². The standard InChI is InChI=1S/C18H19FN6S/c1-10-5-14(22-25-8-11(2)21-17(10)25)16-6-12-9-24(23-18(12)26-16)15-3-4-20-7-13(15)19/h5-6,8-9,13,15,20H,3-4,7H2,1-2H3. The second-order valence-electron chi connectivity index (χ2n) is 6.92. The maximum Gasteiger partial charge on any atom is 0.156 e. The SMILES string of the molecule is Cc1cn2nc(-c3cc4cn(C5CCNCC5F)nc4s3)cc(C)c2n1. The van der Waals surface area contributed by atoms with Crippen LogP contribution in [-0.2, 0) is 0 Å². The van der Waals surface area contributed by atoms with E-state index in [0.717, 1.165) is 50.7 Å². The van der Waals surface area contributed by atoms with Gasteiger partial charge >= 0.3 is 0 Å². The fraction of sp³-hybridized carbons (Fsp3) is 0.389. The molecule has 0 aromatic carbocycles. The molecule has 0 amide bonds. The molecule has 0 aliphatic carbocycles. The van der Waals surface area contributed by atoms with Crippen molar-refractivity contribution in [1.29, 1.82) is 0 Å². The number of nitrogens with zero attached hydrogens (tertiary/aromatic N) is 5. The van der Waals surface area contributed by atoms with Gasteiger partial charge in [-0.25, -0.2) is 13.9 Å². The van der Waals surface area contributed by atoms with Crippen LogP contribution in [0.3, 0.4) is 0 Å². The van der Waals surface area contributed by atoms with Crippen molar-refractivity contribution in [3.05, 3.63) is 35.8 Å². The van der Waals surface area contributed by atoms with Crippen LogP contribution in [0.1, 0.15) is 23.7 Å². The van der Waals surface area contributed by atoms with Crippen molar-refractivity contribution in [3.8, 4) is 10.6 Å². The summed E-state index contributed by atoms with van der Waals surface area (Å²) in [5.41, 5.74) is 3.84. The molecule has 134 valence electrons. The lowest BCUT2D eigenvalue weighted by atomic mass is 10.1. The summed E-state index contributed by atoms with van der Waals surface area (Å²) in [7, 11) is 0. The molecule has 5 rings (SSSR count). The third-order valence-corrected chi connectivity index (χ3v) is 5.97. The third kappa shape index (κ3) is 2.52. The van der Waals surface area contributed by atoms with Gasteiger partial charge in [-0.3, -0.25) is 4.68 Å². The number of aryl methyl sites for hydroxylation is 2. The highest BCUT2D eigenvalue weighted by Gasteiger charge is 2.27. The summed E-state index contributed by atoms with van der Waals surface area (Å²) in [6, 6.07) is 3.98. The molecule has 0 bridgehead atoms. The smallest absolute Gasteiger partial charge is 0.156 e. The number of halogens is 1. The molecule has 26 heavy (non-hydrogen) atoms. The molecule has 6 nitrogen and oxygen atoms in total. The van der Waals surface area contributed by atoms with Gasteiger partial charge in [0.05, 0.1) is 22.8 Å². The molecule has 1 N–H and O–H groups in total. The van der Waals surface area contributed by atoms with E-state index in [0.29, 0.717) is 6.54 Å². The summed E-state index contributed by atoms with van der Waals surface area (Å²) in [6.07, 6.45) is 3.77. The van der Waals surface area contributed by atoms with Crippen molar-refractivity contribution in [2.45, 2.75) is 32.5 Å². The number of imidazole rings is 1. The topological polar surface area (TPSA) is 60.0 Å². The quantitative estimate of drug-likeness (QED) is 0.588. The van der Waals surface area contributed by atoms with E-state index in [-0.39, 0.29) is 6.04 Å². The zero-order valence-electron chi connectivity index (χ0n) is 14.6. The minimum atomic E-state index is -0.895. The first-order valence-corrected chi connectivity index (χ1v) is 9.57. The fourth-order valence-corrected chi connectivity index (χ4v) is 4.57. The van der Waals surface area contributed by atoms with E-state index < -0.39 is 6.17 Å². The van der Waals surface area contributed by atoms with Crippen LogP contribution in [-0.4, -0.2) is 43.6 Å². The number of hydrogen-bond donors (Lipinski definition) is 1. The van der Waals surface area contributed by atoms with E-state index in [2.05, 4.69) is 32.6 Å². The lowest BCUT2D eigenvalue weighted by Gasteiger charge is -2.26. The minimum Gasteiger partial charge on any atom is -0.314 e. The number of thiophene rings is 1. The van der Waals surface area contributed by atoms with Crippen molar-refractivity contribution in [2.24, 2.45) is 0 Å². The van der Waals surface area contributed by atoms with Crippen LogP contribution < -0.4 is 5.32 Å². The Kier molecular flexibility index (Phi) is 3.58. The van der Waals surface area contributed by atoms with E-state index in [1.165, 1.54) is 0 Å². The molecule has 8 heteroatoms. The van der Waals surface area contributed by atoms with Crippen LogP contribution in [0.4, 0.5) is 4.39 Å². The first kappa shape index (κ1) is 15.9. The van der Waals surface area contributed by atoms with Crippen molar-refractivity contribution >= 4 is 27.2 Å². The van der Waals surface area contributed by atoms with Gasteiger partial charge in [0.15, 0.2) is 5.65 Å². The molecule has 4 aromatic rings. The second kappa shape index (κ2) is 5.85. The van der Waals surface area contributed by atoms with Crippen molar-refractivity contribution in [2.75, 3.05) is 13.1 Å². The van der Waals surface area contributed by atoms with Gasteiger partial charge in [0, 0.05) is 18.1 Å². The summed E-state index contributed by atoms with van der Waals surface area (Å²) >= 11 is 1.59. The number of nitrogens with one attached hydrogen (secondary N) is 1. The summed E-state index contributed by atoms with van der Waals surface area (Å²) < 4.78 is 17.8. The van der Waals surface area contributed by atoms with Gasteiger partial charge in [-0.15, -0.1) is 11.3 Å². The Labute approximate surface area is 153 Å². The van der Waals surface area contributed by atoms with Gasteiger partial charge in [0.2, 0.25) is 0 Å². The van der Waals surface area contributed by atoms with Crippen LogP contribution >= 0.6 is 11.3 Å². The number of hydrogen-bond acceptors (Lipinski definition) is 5. The molecule has 4 aromatic heterocycles. The molecular formula is C18H19FN6S. The number of piperidine rings is 1. The summed E-state index contributed by atoms with van der Waals surface area (Å²) in [4.78, 5) is 6.48. The number of rotatable bonds is 2. The molecule has 5 heterocycles. The third-order valence-electron chi connectivity index (χ3n) is 4.91. The van der Waals surface area contributed by atoms with Gasteiger partial charge in [-0.1, -0.05) is 0 Å². The van der Waals surface area contributed by atoms with Gasteiger partial charge in [0.1, 0.15) is 16.7 Å². The molecule has 1 aliphatic heterocycles. The Morgan fingerprint density at radius 2 is 2.12 bits per heavy atom. The molecule has 1 saturated heterocycles. The lowest BCUT2D eigenvalue weighted by Crippen LogP contribution is -2.39. The monoisotopic (exact) mass is 370 g/mol. The Morgan fingerprint density at radius 3 is 2.92 bits per heavy atom. The average molecular weight is 370 g/mol. The largest absolute Gasteiger partial charge is 0.314 e. The molecule has 0 spiro atoms. The Hall–Kier alpha value is -2.32. The average Bonchev–Trinajstić information content (AvgIpc) is 3.27. The highest BCUT2D eigenvalue weighted by Crippen LogP contribution is 2.34. The first-order valence-electron chi connectivity index (χ1n) is 8.76. The van der Waals surface area contributed by atoms with Crippen LogP contribution in [0.15, 0.2) is 24.5 Å². The predicted molar refractivity (Wildman–Crippen MR) is 100 cm³/mol. The Bertz CT molecular complexity index is 1080.